The van der Waals surface area contributed by atoms with E-state index in [2.05, 4.69) is 9.88 Å². The molecule has 4 rings (SSSR count). The fourth-order valence-corrected chi connectivity index (χ4v) is 3.71. The number of rotatable bonds is 4. The second kappa shape index (κ2) is 5.24. The number of aromatic nitrogens is 1. The van der Waals surface area contributed by atoms with Crippen molar-refractivity contribution in [1.29, 1.82) is 0 Å². The Labute approximate surface area is 118 Å². The van der Waals surface area contributed by atoms with Crippen LogP contribution in [0.25, 0.3) is 0 Å². The molecule has 0 aromatic carbocycles. The topological polar surface area (TPSA) is 62.7 Å². The Morgan fingerprint density at radius 2 is 2.40 bits per heavy atom. The van der Waals surface area contributed by atoms with E-state index < -0.39 is 5.54 Å². The van der Waals surface area contributed by atoms with E-state index in [4.69, 9.17) is 4.74 Å². The molecule has 108 valence electrons. The summed E-state index contributed by atoms with van der Waals surface area (Å²) >= 11 is 0. The van der Waals surface area contributed by atoms with Crippen molar-refractivity contribution in [3.05, 3.63) is 30.1 Å². The number of fused-ring (bicyclic) bond motifs is 3. The van der Waals surface area contributed by atoms with E-state index in [0.29, 0.717) is 0 Å². The van der Waals surface area contributed by atoms with Crippen LogP contribution in [0.2, 0.25) is 0 Å². The van der Waals surface area contributed by atoms with Gasteiger partial charge in [-0.15, -0.1) is 0 Å². The van der Waals surface area contributed by atoms with Crippen molar-refractivity contribution in [3.8, 4) is 0 Å². The lowest BCUT2D eigenvalue weighted by Gasteiger charge is -2.54. The Hall–Kier alpha value is -1.30. The van der Waals surface area contributed by atoms with Crippen LogP contribution in [0, 0.1) is 5.92 Å². The summed E-state index contributed by atoms with van der Waals surface area (Å²) in [5, 5.41) is 9.77. The van der Waals surface area contributed by atoms with Crippen LogP contribution in [0.15, 0.2) is 24.5 Å². The summed E-state index contributed by atoms with van der Waals surface area (Å²) in [6, 6.07) is 3.94. The average Bonchev–Trinajstić information content (AvgIpc) is 2.52. The summed E-state index contributed by atoms with van der Waals surface area (Å²) in [5.74, 6) is 0.265. The van der Waals surface area contributed by atoms with E-state index >= 15 is 0 Å². The van der Waals surface area contributed by atoms with Gasteiger partial charge in [0.15, 0.2) is 5.78 Å². The van der Waals surface area contributed by atoms with E-state index in [1.165, 1.54) is 0 Å². The van der Waals surface area contributed by atoms with Gasteiger partial charge in [-0.2, -0.15) is 0 Å². The summed E-state index contributed by atoms with van der Waals surface area (Å²) in [6.45, 7) is 1.72. The number of methoxy groups -OCH3 is 1. The molecule has 0 radical (unpaired) electrons. The van der Waals surface area contributed by atoms with E-state index in [1.807, 2.05) is 18.3 Å². The van der Waals surface area contributed by atoms with Crippen LogP contribution in [0.5, 0.6) is 0 Å². The first-order valence-electron chi connectivity index (χ1n) is 7.02. The first-order chi connectivity index (χ1) is 9.73. The van der Waals surface area contributed by atoms with E-state index in [0.717, 1.165) is 25.1 Å². The van der Waals surface area contributed by atoms with Crippen molar-refractivity contribution >= 4 is 5.78 Å². The zero-order chi connectivity index (χ0) is 14.2. The molecule has 0 amide bonds. The second-order valence-corrected chi connectivity index (χ2v) is 5.72. The third-order valence-electron chi connectivity index (χ3n) is 4.77. The van der Waals surface area contributed by atoms with Gasteiger partial charge in [-0.05, 0) is 18.1 Å². The summed E-state index contributed by atoms with van der Waals surface area (Å²) in [5.41, 5.74) is 0.274. The molecule has 4 atom stereocenters. The molecule has 3 saturated heterocycles. The lowest BCUT2D eigenvalue weighted by Crippen LogP contribution is -2.70. The molecule has 20 heavy (non-hydrogen) atoms. The molecule has 0 saturated carbocycles. The monoisotopic (exact) mass is 276 g/mol. The largest absolute Gasteiger partial charge is 0.394 e. The minimum atomic E-state index is -0.837. The fourth-order valence-electron chi connectivity index (χ4n) is 3.71. The van der Waals surface area contributed by atoms with Crippen LogP contribution in [-0.4, -0.2) is 59.7 Å². The Bertz CT molecular complexity index is 493. The van der Waals surface area contributed by atoms with Gasteiger partial charge in [-0.3, -0.25) is 14.7 Å². The zero-order valence-corrected chi connectivity index (χ0v) is 11.7. The molecule has 3 aliphatic rings. The molecule has 5 heteroatoms. The number of piperidine rings is 3. The molecule has 1 aromatic rings. The molecule has 1 N–H and O–H groups in total. The molecule has 0 aliphatic carbocycles. The van der Waals surface area contributed by atoms with Crippen molar-refractivity contribution in [2.45, 2.75) is 17.9 Å². The molecule has 2 bridgehead atoms. The lowest BCUT2D eigenvalue weighted by atomic mass is 9.67. The van der Waals surface area contributed by atoms with Crippen molar-refractivity contribution in [2.24, 2.45) is 5.92 Å². The SMILES string of the molecule is COC[C@@]1(CO)C(=O)[C@H]2CCN1C[C@H]2c1cccnc1. The van der Waals surface area contributed by atoms with Crippen LogP contribution in [0.1, 0.15) is 17.9 Å². The normalized spacial score (nSPS) is 36.3. The third-order valence-corrected chi connectivity index (χ3v) is 4.77. The number of carbonyl (C=O) groups is 1. The summed E-state index contributed by atoms with van der Waals surface area (Å²) < 4.78 is 5.20. The number of Topliss-reactive ketones (excluding diaryl/α,β-unsaturated/α-hetero) is 1. The van der Waals surface area contributed by atoms with Crippen molar-refractivity contribution in [1.82, 2.24) is 9.88 Å². The summed E-state index contributed by atoms with van der Waals surface area (Å²) in [7, 11) is 1.58. The predicted octanol–water partition coefficient (Wildman–Crippen LogP) is 0.447. The van der Waals surface area contributed by atoms with Crippen LogP contribution in [0.4, 0.5) is 0 Å². The van der Waals surface area contributed by atoms with Gasteiger partial charge in [0, 0.05) is 44.4 Å². The molecular weight excluding hydrogens is 256 g/mol. The Morgan fingerprint density at radius 1 is 1.55 bits per heavy atom. The average molecular weight is 276 g/mol. The third kappa shape index (κ3) is 1.89. The summed E-state index contributed by atoms with van der Waals surface area (Å²) in [4.78, 5) is 19.1. The molecular formula is C15H20N2O3. The number of nitrogens with zero attached hydrogens (tertiary/aromatic N) is 2. The van der Waals surface area contributed by atoms with E-state index in [1.54, 1.807) is 13.3 Å². The van der Waals surface area contributed by atoms with Crippen LogP contribution < -0.4 is 0 Å². The number of hydrogen-bond acceptors (Lipinski definition) is 5. The molecule has 3 aliphatic heterocycles. The number of carbonyl (C=O) groups excluding carboxylic acids is 1. The van der Waals surface area contributed by atoms with Crippen molar-refractivity contribution in [3.63, 3.8) is 0 Å². The van der Waals surface area contributed by atoms with Crippen molar-refractivity contribution < 1.29 is 14.6 Å². The van der Waals surface area contributed by atoms with Crippen LogP contribution in [0.3, 0.4) is 0 Å². The van der Waals surface area contributed by atoms with Gasteiger partial charge in [-0.25, -0.2) is 0 Å². The molecule has 3 fully saturated rings. The smallest absolute Gasteiger partial charge is 0.161 e. The number of ether oxygens (including phenoxy) is 1. The Kier molecular flexibility index (Phi) is 3.58. The highest BCUT2D eigenvalue weighted by molar-refractivity contribution is 5.93. The van der Waals surface area contributed by atoms with Crippen LogP contribution >= 0.6 is 0 Å². The maximum atomic E-state index is 12.8. The zero-order valence-electron chi connectivity index (χ0n) is 11.7. The lowest BCUT2D eigenvalue weighted by molar-refractivity contribution is -0.160. The van der Waals surface area contributed by atoms with E-state index in [9.17, 15) is 9.90 Å². The first kappa shape index (κ1) is 13.7. The first-order valence-corrected chi connectivity index (χ1v) is 7.02. The molecule has 1 unspecified atom stereocenters. The number of hydrogen-bond donors (Lipinski definition) is 1. The Balaban J connectivity index is 1.92. The quantitative estimate of drug-likeness (QED) is 0.865. The molecule has 4 heterocycles. The maximum Gasteiger partial charge on any atom is 0.161 e. The maximum absolute atomic E-state index is 12.8. The molecule has 0 spiro atoms. The van der Waals surface area contributed by atoms with Gasteiger partial charge in [0.25, 0.3) is 0 Å². The number of ketones is 1. The second-order valence-electron chi connectivity index (χ2n) is 5.72. The summed E-state index contributed by atoms with van der Waals surface area (Å²) in [6.07, 6.45) is 4.44. The van der Waals surface area contributed by atoms with E-state index in [-0.39, 0.29) is 30.8 Å². The highest BCUT2D eigenvalue weighted by Gasteiger charge is 2.56. The number of aliphatic hydroxyl groups excluding tert-OH is 1. The van der Waals surface area contributed by atoms with Crippen LogP contribution in [-0.2, 0) is 9.53 Å². The van der Waals surface area contributed by atoms with Gasteiger partial charge < -0.3 is 9.84 Å². The van der Waals surface area contributed by atoms with Gasteiger partial charge in [-0.1, -0.05) is 6.07 Å². The van der Waals surface area contributed by atoms with Gasteiger partial charge >= 0.3 is 0 Å². The molecule has 5 nitrogen and oxygen atoms in total. The van der Waals surface area contributed by atoms with Crippen molar-refractivity contribution in [2.75, 3.05) is 33.4 Å². The Morgan fingerprint density at radius 3 is 3.00 bits per heavy atom. The molecule has 1 aromatic heterocycles. The van der Waals surface area contributed by atoms with Gasteiger partial charge in [0.2, 0.25) is 0 Å². The number of aliphatic hydroxyl groups is 1. The van der Waals surface area contributed by atoms with Gasteiger partial charge in [0.05, 0.1) is 13.2 Å². The highest BCUT2D eigenvalue weighted by Crippen LogP contribution is 2.43. The standard InChI is InChI=1S/C15H20N2O3/c1-20-10-15(9-18)14(19)12-4-6-17(15)8-13(12)11-3-2-5-16-7-11/h2-3,5,7,12-13,18H,4,6,8-10H2,1H3/t12-,13-,15-/m0/s1. The highest BCUT2D eigenvalue weighted by atomic mass is 16.5. The minimum Gasteiger partial charge on any atom is -0.394 e. The predicted molar refractivity (Wildman–Crippen MR) is 73.4 cm³/mol. The minimum absolute atomic E-state index is 0.0356. The van der Waals surface area contributed by atoms with Gasteiger partial charge in [0.1, 0.15) is 5.54 Å². The fraction of sp³-hybridized carbons (Fsp3) is 0.600. The number of pyridine rings is 1.